The third-order valence-corrected chi connectivity index (χ3v) is 5.05. The molecule has 0 aliphatic carbocycles. The number of benzene rings is 1. The number of carboxylic acids is 1. The fourth-order valence-corrected chi connectivity index (χ4v) is 3.69. The summed E-state index contributed by atoms with van der Waals surface area (Å²) in [6, 6.07) is 8.51. The minimum absolute atomic E-state index is 0.158. The lowest BCUT2D eigenvalue weighted by Gasteiger charge is -2.49. The van der Waals surface area contributed by atoms with Crippen LogP contribution in [0.15, 0.2) is 35.2 Å². The summed E-state index contributed by atoms with van der Waals surface area (Å²) in [4.78, 5) is 37.3. The number of carbonyl (C=O) groups excluding carboxylic acids is 2. The molecule has 6 nitrogen and oxygen atoms in total. The lowest BCUT2D eigenvalue weighted by atomic mass is 9.77. The summed E-state index contributed by atoms with van der Waals surface area (Å²) in [6.07, 6.45) is -0.922. The molecule has 23 heavy (non-hydrogen) atoms. The van der Waals surface area contributed by atoms with Gasteiger partial charge in [0.2, 0.25) is 5.91 Å². The second-order valence-electron chi connectivity index (χ2n) is 5.64. The highest BCUT2D eigenvalue weighted by Gasteiger charge is 2.53. The number of hydrogen-bond donors (Lipinski definition) is 2. The number of aliphatic carboxylic acids is 1. The molecule has 0 spiro atoms. The van der Waals surface area contributed by atoms with E-state index < -0.39 is 42.4 Å². The van der Waals surface area contributed by atoms with Gasteiger partial charge in [0, 0.05) is 10.8 Å². The van der Waals surface area contributed by atoms with Crippen molar-refractivity contribution in [2.24, 2.45) is 11.8 Å². The fraction of sp³-hybridized carbons (Fsp3) is 0.438. The first-order chi connectivity index (χ1) is 10.8. The zero-order chi connectivity index (χ0) is 17.1. The molecule has 1 aromatic rings. The van der Waals surface area contributed by atoms with Crippen molar-refractivity contribution >= 4 is 28.8 Å². The topological polar surface area (TPSA) is 94.9 Å². The number of aliphatic hydroxyl groups is 1. The lowest BCUT2D eigenvalue weighted by molar-refractivity contribution is -0.173. The van der Waals surface area contributed by atoms with E-state index in [-0.39, 0.29) is 5.12 Å². The molecular formula is C16H19NO5S. The first kappa shape index (κ1) is 17.5. The Hall–Kier alpha value is -1.86. The Labute approximate surface area is 138 Å². The Morgan fingerprint density at radius 1 is 1.26 bits per heavy atom. The van der Waals surface area contributed by atoms with E-state index in [0.29, 0.717) is 0 Å². The number of likely N-dealkylation sites (tertiary alicyclic amines) is 1. The Bertz CT molecular complexity index is 604. The normalized spacial score (nSPS) is 23.1. The third-order valence-electron chi connectivity index (χ3n) is 3.97. The van der Waals surface area contributed by atoms with E-state index in [0.717, 1.165) is 21.6 Å². The summed E-state index contributed by atoms with van der Waals surface area (Å²) in [5.41, 5.74) is 0. The number of thioether (sulfide) groups is 1. The molecular weight excluding hydrogens is 318 g/mol. The largest absolute Gasteiger partial charge is 0.480 e. The third kappa shape index (κ3) is 3.73. The zero-order valence-electron chi connectivity index (χ0n) is 12.9. The van der Waals surface area contributed by atoms with Crippen molar-refractivity contribution in [2.75, 3.05) is 6.54 Å². The first-order valence-electron chi connectivity index (χ1n) is 7.30. The molecule has 0 aromatic heterocycles. The Morgan fingerprint density at radius 2 is 1.87 bits per heavy atom. The van der Waals surface area contributed by atoms with Gasteiger partial charge in [-0.3, -0.25) is 14.4 Å². The van der Waals surface area contributed by atoms with E-state index in [4.69, 9.17) is 5.11 Å². The molecule has 0 radical (unpaired) electrons. The van der Waals surface area contributed by atoms with Gasteiger partial charge in [0.25, 0.3) is 0 Å². The maximum absolute atomic E-state index is 12.4. The minimum atomic E-state index is -1.14. The number of nitrogens with zero attached hydrogens (tertiary/aromatic N) is 1. The van der Waals surface area contributed by atoms with Gasteiger partial charge in [-0.25, -0.2) is 0 Å². The fourth-order valence-electron chi connectivity index (χ4n) is 2.83. The second-order valence-corrected chi connectivity index (χ2v) is 6.72. The van der Waals surface area contributed by atoms with E-state index in [2.05, 4.69) is 0 Å². The van der Waals surface area contributed by atoms with Crippen LogP contribution in [0.4, 0.5) is 0 Å². The van der Waals surface area contributed by atoms with Gasteiger partial charge in [-0.05, 0) is 19.1 Å². The molecule has 124 valence electrons. The van der Waals surface area contributed by atoms with Crippen molar-refractivity contribution in [2.45, 2.75) is 30.9 Å². The van der Waals surface area contributed by atoms with Gasteiger partial charge in [0.05, 0.1) is 18.1 Å². The molecule has 1 heterocycles. The molecule has 3 unspecified atom stereocenters. The van der Waals surface area contributed by atoms with Gasteiger partial charge in [-0.1, -0.05) is 36.9 Å². The van der Waals surface area contributed by atoms with Gasteiger partial charge >= 0.3 is 5.97 Å². The van der Waals surface area contributed by atoms with Crippen molar-refractivity contribution in [3.63, 3.8) is 0 Å². The number of carbonyl (C=O) groups is 3. The molecule has 1 saturated heterocycles. The van der Waals surface area contributed by atoms with E-state index >= 15 is 0 Å². The average molecular weight is 337 g/mol. The van der Waals surface area contributed by atoms with Gasteiger partial charge in [-0.2, -0.15) is 0 Å². The van der Waals surface area contributed by atoms with Crippen molar-refractivity contribution < 1.29 is 24.6 Å². The molecule has 2 N–H and O–H groups in total. The van der Waals surface area contributed by atoms with Crippen molar-refractivity contribution in [3.8, 4) is 0 Å². The van der Waals surface area contributed by atoms with Crippen molar-refractivity contribution in [1.29, 1.82) is 0 Å². The van der Waals surface area contributed by atoms with Crippen LogP contribution in [0, 0.1) is 11.8 Å². The second kappa shape index (κ2) is 7.14. The van der Waals surface area contributed by atoms with E-state index in [9.17, 15) is 19.5 Å². The van der Waals surface area contributed by atoms with Crippen LogP contribution >= 0.6 is 11.8 Å². The van der Waals surface area contributed by atoms with Crippen LogP contribution in [0.25, 0.3) is 0 Å². The van der Waals surface area contributed by atoms with Crippen LogP contribution in [0.5, 0.6) is 0 Å². The molecule has 1 aromatic carbocycles. The van der Waals surface area contributed by atoms with Crippen LogP contribution < -0.4 is 0 Å². The van der Waals surface area contributed by atoms with E-state index in [1.54, 1.807) is 6.92 Å². The summed E-state index contributed by atoms with van der Waals surface area (Å²) in [6.45, 7) is 2.69. The van der Waals surface area contributed by atoms with Crippen LogP contribution in [0.3, 0.4) is 0 Å². The predicted octanol–water partition coefficient (Wildman–Crippen LogP) is 1.23. The Balaban J connectivity index is 2.13. The molecule has 0 saturated carbocycles. The SMILES string of the molecule is CC(O)C1C(=O)N(CC(=O)O)[C@@H]1C(C)C(=O)Sc1ccccc1. The van der Waals surface area contributed by atoms with Gasteiger partial charge in [0.15, 0.2) is 5.12 Å². The highest BCUT2D eigenvalue weighted by Crippen LogP contribution is 2.37. The van der Waals surface area contributed by atoms with Gasteiger partial charge in [0.1, 0.15) is 6.54 Å². The molecule has 4 atom stereocenters. The summed E-state index contributed by atoms with van der Waals surface area (Å²) >= 11 is 1.06. The molecule has 7 heteroatoms. The quantitative estimate of drug-likeness (QED) is 0.599. The summed E-state index contributed by atoms with van der Waals surface area (Å²) < 4.78 is 0. The Kier molecular flexibility index (Phi) is 5.43. The Morgan fingerprint density at radius 3 is 2.39 bits per heavy atom. The molecule has 2 rings (SSSR count). The monoisotopic (exact) mass is 337 g/mol. The molecule has 1 fully saturated rings. The standard InChI is InChI=1S/C16H19NO5S/c1-9(16(22)23-11-6-4-3-5-7-11)14-13(10(2)18)15(21)17(14)8-12(19)20/h3-7,9-10,13-14,18H,8H2,1-2H3,(H,19,20)/t9?,10?,13?,14-/m1/s1. The van der Waals surface area contributed by atoms with Crippen LogP contribution in [-0.2, 0) is 14.4 Å². The van der Waals surface area contributed by atoms with Crippen molar-refractivity contribution in [3.05, 3.63) is 30.3 Å². The minimum Gasteiger partial charge on any atom is -0.480 e. The summed E-state index contributed by atoms with van der Waals surface area (Å²) in [5, 5.41) is 18.5. The predicted molar refractivity (Wildman–Crippen MR) is 84.8 cm³/mol. The number of β-lactam (4-membered cyclic amide) rings is 1. The van der Waals surface area contributed by atoms with E-state index in [1.807, 2.05) is 30.3 Å². The van der Waals surface area contributed by atoms with Crippen molar-refractivity contribution in [1.82, 2.24) is 4.90 Å². The van der Waals surface area contributed by atoms with E-state index in [1.165, 1.54) is 6.92 Å². The highest BCUT2D eigenvalue weighted by atomic mass is 32.2. The maximum Gasteiger partial charge on any atom is 0.323 e. The number of hydrogen-bond acceptors (Lipinski definition) is 5. The molecule has 1 amide bonds. The first-order valence-corrected chi connectivity index (χ1v) is 8.11. The number of amides is 1. The van der Waals surface area contributed by atoms with Crippen LogP contribution in [0.2, 0.25) is 0 Å². The molecule has 1 aliphatic heterocycles. The highest BCUT2D eigenvalue weighted by molar-refractivity contribution is 8.13. The maximum atomic E-state index is 12.4. The molecule has 0 bridgehead atoms. The van der Waals surface area contributed by atoms with Gasteiger partial charge < -0.3 is 15.1 Å². The summed E-state index contributed by atoms with van der Waals surface area (Å²) in [5.74, 6) is -2.86. The summed E-state index contributed by atoms with van der Waals surface area (Å²) in [7, 11) is 0. The number of carboxylic acid groups (broad SMARTS) is 1. The van der Waals surface area contributed by atoms with Gasteiger partial charge in [-0.15, -0.1) is 0 Å². The number of aliphatic hydroxyl groups excluding tert-OH is 1. The smallest absolute Gasteiger partial charge is 0.323 e. The van der Waals surface area contributed by atoms with Crippen LogP contribution in [0.1, 0.15) is 13.8 Å². The lowest BCUT2D eigenvalue weighted by Crippen LogP contribution is -2.68. The molecule has 1 aliphatic rings. The van der Waals surface area contributed by atoms with Crippen LogP contribution in [-0.4, -0.2) is 50.8 Å². The average Bonchev–Trinajstić information content (AvgIpc) is 2.49. The zero-order valence-corrected chi connectivity index (χ0v) is 13.7. The number of rotatable bonds is 6.